The van der Waals surface area contributed by atoms with Crippen LogP contribution in [0, 0.1) is 0 Å². The first kappa shape index (κ1) is 11.9. The number of carbonyl (C=O) groups excluding carboxylic acids is 1. The van der Waals surface area contributed by atoms with E-state index in [1.807, 2.05) is 0 Å². The second-order valence-corrected chi connectivity index (χ2v) is 4.57. The van der Waals surface area contributed by atoms with Crippen molar-refractivity contribution in [2.45, 2.75) is 31.2 Å². The van der Waals surface area contributed by atoms with Crippen LogP contribution in [0.5, 0.6) is 0 Å². The van der Waals surface area contributed by atoms with Gasteiger partial charge in [0.25, 0.3) is 5.91 Å². The molecule has 1 amide bonds. The Hall–Kier alpha value is -1.62. The van der Waals surface area contributed by atoms with Gasteiger partial charge in [-0.1, -0.05) is 18.9 Å². The smallest absolute Gasteiger partial charge is 0.268 e. The fraction of sp³-hybridized carbons (Fsp3) is 0.500. The van der Waals surface area contributed by atoms with E-state index in [0.29, 0.717) is 6.54 Å². The highest BCUT2D eigenvalue weighted by molar-refractivity contribution is 5.92. The minimum Gasteiger partial charge on any atom is -0.344 e. The minimum atomic E-state index is -0.288. The summed E-state index contributed by atoms with van der Waals surface area (Å²) in [6.07, 6.45) is 3.99. The van der Waals surface area contributed by atoms with Crippen LogP contribution in [0.3, 0.4) is 0 Å². The van der Waals surface area contributed by atoms with Gasteiger partial charge in [0.05, 0.1) is 5.54 Å². The Morgan fingerprint density at radius 2 is 2.12 bits per heavy atom. The van der Waals surface area contributed by atoms with Crippen LogP contribution < -0.4 is 16.6 Å². The molecule has 2 rings (SSSR count). The fourth-order valence-corrected chi connectivity index (χ4v) is 2.32. The van der Waals surface area contributed by atoms with Crippen molar-refractivity contribution in [1.82, 2.24) is 10.3 Å². The molecule has 1 fully saturated rings. The summed E-state index contributed by atoms with van der Waals surface area (Å²) in [5, 5.41) is 2.95. The minimum absolute atomic E-state index is 0.255. The highest BCUT2D eigenvalue weighted by Gasteiger charge is 2.34. The normalized spacial score (nSPS) is 17.9. The molecule has 1 aliphatic carbocycles. The molecule has 5 nitrogen and oxygen atoms in total. The molecular formula is C12H17N3O2. The molecule has 1 aliphatic rings. The maximum atomic E-state index is 12.0. The topological polar surface area (TPSA) is 88.0 Å². The Morgan fingerprint density at radius 3 is 2.71 bits per heavy atom. The Bertz CT molecular complexity index is 461. The Kier molecular flexibility index (Phi) is 3.28. The third-order valence-electron chi connectivity index (χ3n) is 3.34. The molecule has 92 valence electrons. The molecule has 0 spiro atoms. The zero-order chi connectivity index (χ0) is 12.3. The SMILES string of the molecule is NCC1(NC(=O)c2cccc(=O)[nH]2)CCCC1. The van der Waals surface area contributed by atoms with Gasteiger partial charge >= 0.3 is 0 Å². The molecule has 0 atom stereocenters. The number of rotatable bonds is 3. The summed E-state index contributed by atoms with van der Waals surface area (Å²) in [4.78, 5) is 25.6. The molecule has 5 heteroatoms. The Labute approximate surface area is 99.4 Å². The van der Waals surface area contributed by atoms with Crippen LogP contribution in [-0.4, -0.2) is 23.0 Å². The van der Waals surface area contributed by atoms with Crippen molar-refractivity contribution >= 4 is 5.91 Å². The van der Waals surface area contributed by atoms with Gasteiger partial charge in [0.2, 0.25) is 5.56 Å². The standard InChI is InChI=1S/C12H17N3O2/c13-8-12(6-1-2-7-12)15-11(17)9-4-3-5-10(16)14-9/h3-5H,1-2,6-8,13H2,(H,14,16)(H,15,17). The summed E-state index contributed by atoms with van der Waals surface area (Å²) in [6, 6.07) is 4.54. The third kappa shape index (κ3) is 2.55. The number of aromatic amines is 1. The lowest BCUT2D eigenvalue weighted by Crippen LogP contribution is -2.52. The van der Waals surface area contributed by atoms with E-state index in [1.54, 1.807) is 12.1 Å². The van der Waals surface area contributed by atoms with E-state index in [1.165, 1.54) is 6.07 Å². The largest absolute Gasteiger partial charge is 0.344 e. The molecule has 0 unspecified atom stereocenters. The number of aromatic nitrogens is 1. The van der Waals surface area contributed by atoms with Gasteiger partial charge in [-0.25, -0.2) is 0 Å². The van der Waals surface area contributed by atoms with Crippen LogP contribution in [-0.2, 0) is 0 Å². The molecule has 4 N–H and O–H groups in total. The molecule has 0 bridgehead atoms. The molecule has 17 heavy (non-hydrogen) atoms. The average molecular weight is 235 g/mol. The highest BCUT2D eigenvalue weighted by Crippen LogP contribution is 2.28. The molecule has 1 saturated carbocycles. The van der Waals surface area contributed by atoms with Crippen LogP contribution in [0.2, 0.25) is 0 Å². The first-order valence-electron chi connectivity index (χ1n) is 5.87. The Morgan fingerprint density at radius 1 is 1.41 bits per heavy atom. The van der Waals surface area contributed by atoms with E-state index in [-0.39, 0.29) is 22.7 Å². The number of nitrogens with two attached hydrogens (primary N) is 1. The predicted octanol–water partition coefficient (Wildman–Crippen LogP) is 0.376. The lowest BCUT2D eigenvalue weighted by molar-refractivity contribution is 0.0897. The summed E-state index contributed by atoms with van der Waals surface area (Å²) in [5.41, 5.74) is 5.47. The van der Waals surface area contributed by atoms with E-state index >= 15 is 0 Å². The molecule has 0 aromatic carbocycles. The quantitative estimate of drug-likeness (QED) is 0.707. The van der Waals surface area contributed by atoms with Crippen molar-refractivity contribution in [2.24, 2.45) is 5.73 Å². The van der Waals surface area contributed by atoms with E-state index in [9.17, 15) is 9.59 Å². The summed E-state index contributed by atoms with van der Waals surface area (Å²) >= 11 is 0. The average Bonchev–Trinajstić information content (AvgIpc) is 2.78. The van der Waals surface area contributed by atoms with Crippen molar-refractivity contribution < 1.29 is 4.79 Å². The van der Waals surface area contributed by atoms with Gasteiger partial charge < -0.3 is 16.0 Å². The van der Waals surface area contributed by atoms with Gasteiger partial charge in [0.15, 0.2) is 0 Å². The summed E-state index contributed by atoms with van der Waals surface area (Å²) < 4.78 is 0. The monoisotopic (exact) mass is 235 g/mol. The second-order valence-electron chi connectivity index (χ2n) is 4.57. The highest BCUT2D eigenvalue weighted by atomic mass is 16.2. The van der Waals surface area contributed by atoms with Gasteiger partial charge in [0, 0.05) is 12.6 Å². The van der Waals surface area contributed by atoms with E-state index in [4.69, 9.17) is 5.73 Å². The van der Waals surface area contributed by atoms with Crippen LogP contribution in [0.4, 0.5) is 0 Å². The van der Waals surface area contributed by atoms with Crippen LogP contribution >= 0.6 is 0 Å². The molecule has 0 radical (unpaired) electrons. The number of hydrogen-bond donors (Lipinski definition) is 3. The third-order valence-corrected chi connectivity index (χ3v) is 3.34. The van der Waals surface area contributed by atoms with E-state index in [2.05, 4.69) is 10.3 Å². The van der Waals surface area contributed by atoms with Gasteiger partial charge in [-0.05, 0) is 18.9 Å². The molecule has 0 saturated heterocycles. The first-order chi connectivity index (χ1) is 8.15. The number of amides is 1. The number of carbonyl (C=O) groups is 1. The van der Waals surface area contributed by atoms with E-state index in [0.717, 1.165) is 25.7 Å². The van der Waals surface area contributed by atoms with Crippen molar-refractivity contribution in [1.29, 1.82) is 0 Å². The van der Waals surface area contributed by atoms with Crippen molar-refractivity contribution in [2.75, 3.05) is 6.54 Å². The Balaban J connectivity index is 2.13. The molecule has 1 heterocycles. The number of nitrogens with one attached hydrogen (secondary N) is 2. The predicted molar refractivity (Wildman–Crippen MR) is 64.8 cm³/mol. The molecule has 1 aromatic rings. The van der Waals surface area contributed by atoms with Crippen molar-refractivity contribution in [3.63, 3.8) is 0 Å². The number of H-pyrrole nitrogens is 1. The number of pyridine rings is 1. The molecule has 1 aromatic heterocycles. The van der Waals surface area contributed by atoms with E-state index < -0.39 is 0 Å². The summed E-state index contributed by atoms with van der Waals surface area (Å²) in [6.45, 7) is 0.440. The van der Waals surface area contributed by atoms with Crippen molar-refractivity contribution in [3.05, 3.63) is 34.2 Å². The molecular weight excluding hydrogens is 218 g/mol. The van der Waals surface area contributed by atoms with Crippen LogP contribution in [0.25, 0.3) is 0 Å². The lowest BCUT2D eigenvalue weighted by atomic mass is 9.97. The second kappa shape index (κ2) is 4.71. The fourth-order valence-electron chi connectivity index (χ4n) is 2.32. The van der Waals surface area contributed by atoms with Crippen molar-refractivity contribution in [3.8, 4) is 0 Å². The zero-order valence-electron chi connectivity index (χ0n) is 9.66. The number of hydrogen-bond acceptors (Lipinski definition) is 3. The maximum absolute atomic E-state index is 12.0. The first-order valence-corrected chi connectivity index (χ1v) is 5.87. The lowest BCUT2D eigenvalue weighted by Gasteiger charge is -2.28. The maximum Gasteiger partial charge on any atom is 0.268 e. The van der Waals surface area contributed by atoms with Gasteiger partial charge in [0.1, 0.15) is 5.69 Å². The van der Waals surface area contributed by atoms with Crippen LogP contribution in [0.15, 0.2) is 23.0 Å². The van der Waals surface area contributed by atoms with Crippen LogP contribution in [0.1, 0.15) is 36.2 Å². The summed E-state index contributed by atoms with van der Waals surface area (Å²) in [5.74, 6) is -0.255. The summed E-state index contributed by atoms with van der Waals surface area (Å²) in [7, 11) is 0. The van der Waals surface area contributed by atoms with Gasteiger partial charge in [-0.15, -0.1) is 0 Å². The molecule has 0 aliphatic heterocycles. The van der Waals surface area contributed by atoms with Gasteiger partial charge in [-0.2, -0.15) is 0 Å². The van der Waals surface area contributed by atoms with Gasteiger partial charge in [-0.3, -0.25) is 9.59 Å². The zero-order valence-corrected chi connectivity index (χ0v) is 9.66.